The molecule has 0 aliphatic heterocycles. The molecule has 1 aromatic heterocycles. The third-order valence-corrected chi connectivity index (χ3v) is 4.34. The summed E-state index contributed by atoms with van der Waals surface area (Å²) in [7, 11) is 1.86. The lowest BCUT2D eigenvalue weighted by atomic mass is 10.1. The van der Waals surface area contributed by atoms with Crippen molar-refractivity contribution in [2.24, 2.45) is 0 Å². The van der Waals surface area contributed by atoms with Gasteiger partial charge in [0.1, 0.15) is 5.82 Å². The molecule has 3 rings (SSSR count). The van der Waals surface area contributed by atoms with E-state index in [-0.39, 0.29) is 42.6 Å². The number of aromatic nitrogens is 2. The third kappa shape index (κ3) is 6.19. The van der Waals surface area contributed by atoms with Crippen LogP contribution in [0.3, 0.4) is 0 Å². The van der Waals surface area contributed by atoms with Gasteiger partial charge in [-0.1, -0.05) is 24.3 Å². The van der Waals surface area contributed by atoms with Crippen LogP contribution >= 0.6 is 24.8 Å². The molecule has 1 atom stereocenters. The number of rotatable bonds is 8. The van der Waals surface area contributed by atoms with Crippen molar-refractivity contribution in [3.8, 4) is 0 Å². The van der Waals surface area contributed by atoms with Crippen LogP contribution in [-0.4, -0.2) is 29.1 Å². The fourth-order valence-electron chi connectivity index (χ4n) is 2.97. The van der Waals surface area contributed by atoms with Gasteiger partial charge < -0.3 is 15.2 Å². The number of fused-ring (bicyclic) bond motifs is 1. The monoisotopic (exact) mass is 426 g/mol. The zero-order chi connectivity index (χ0) is 18.4. The van der Waals surface area contributed by atoms with Crippen molar-refractivity contribution in [3.63, 3.8) is 0 Å². The second kappa shape index (κ2) is 11.6. The summed E-state index contributed by atoms with van der Waals surface area (Å²) in [6, 6.07) is 13.9. The second-order valence-corrected chi connectivity index (χ2v) is 6.26. The first-order chi connectivity index (χ1) is 12.7. The number of carbonyl (C=O) groups excluding carboxylic acids is 1. The number of imidazole rings is 1. The van der Waals surface area contributed by atoms with Crippen molar-refractivity contribution in [3.05, 3.63) is 66.2 Å². The van der Waals surface area contributed by atoms with Gasteiger partial charge in [0.25, 0.3) is 0 Å². The standard InChI is InChI=1S/C20H23FN4O.2ClH/c1-22-12-4-7-20(26)24-18(15-8-10-16(21)11-9-15)13-25-14-23-17-5-2-3-6-19(17)25;;/h2-3,5-6,8-11,14,18,22H,4,7,12-13H2,1H3,(H,24,26);2*1H. The van der Waals surface area contributed by atoms with Gasteiger partial charge in [0, 0.05) is 13.0 Å². The van der Waals surface area contributed by atoms with Crippen molar-refractivity contribution in [1.29, 1.82) is 0 Å². The van der Waals surface area contributed by atoms with E-state index < -0.39 is 0 Å². The molecule has 3 aromatic rings. The van der Waals surface area contributed by atoms with Gasteiger partial charge in [-0.25, -0.2) is 9.37 Å². The first kappa shape index (κ1) is 23.9. The number of benzene rings is 2. The number of hydrogen-bond donors (Lipinski definition) is 2. The fraction of sp³-hybridized carbons (Fsp3) is 0.300. The number of nitrogens with one attached hydrogen (secondary N) is 2. The maximum Gasteiger partial charge on any atom is 0.220 e. The Morgan fingerprint density at radius 2 is 1.86 bits per heavy atom. The summed E-state index contributed by atoms with van der Waals surface area (Å²) in [6.07, 6.45) is 2.99. The molecule has 0 saturated carbocycles. The Kier molecular flexibility index (Phi) is 9.93. The van der Waals surface area contributed by atoms with Crippen LogP contribution in [0.5, 0.6) is 0 Å². The minimum atomic E-state index is -0.291. The molecule has 0 saturated heterocycles. The predicted octanol–water partition coefficient (Wildman–Crippen LogP) is 3.88. The molecular weight excluding hydrogens is 402 g/mol. The molecule has 0 aliphatic carbocycles. The maximum atomic E-state index is 13.3. The molecule has 2 aromatic carbocycles. The van der Waals surface area contributed by atoms with E-state index in [0.717, 1.165) is 29.6 Å². The van der Waals surface area contributed by atoms with Crippen LogP contribution in [0.15, 0.2) is 54.9 Å². The zero-order valence-corrected chi connectivity index (χ0v) is 17.2. The maximum absolute atomic E-state index is 13.3. The van der Waals surface area contributed by atoms with Crippen LogP contribution in [-0.2, 0) is 11.3 Å². The quantitative estimate of drug-likeness (QED) is 0.537. The van der Waals surface area contributed by atoms with E-state index in [2.05, 4.69) is 15.6 Å². The molecular formula is C20H25Cl2FN4O. The van der Waals surface area contributed by atoms with Crippen molar-refractivity contribution >= 4 is 41.8 Å². The van der Waals surface area contributed by atoms with Crippen LogP contribution < -0.4 is 10.6 Å². The molecule has 152 valence electrons. The Morgan fingerprint density at radius 1 is 1.14 bits per heavy atom. The van der Waals surface area contributed by atoms with E-state index in [1.165, 1.54) is 12.1 Å². The molecule has 2 N–H and O–H groups in total. The van der Waals surface area contributed by atoms with Crippen molar-refractivity contribution in [1.82, 2.24) is 20.2 Å². The van der Waals surface area contributed by atoms with Crippen molar-refractivity contribution in [2.75, 3.05) is 13.6 Å². The van der Waals surface area contributed by atoms with E-state index in [1.807, 2.05) is 35.9 Å². The number of halogens is 3. The molecule has 1 unspecified atom stereocenters. The average molecular weight is 427 g/mol. The zero-order valence-electron chi connectivity index (χ0n) is 15.6. The minimum Gasteiger partial charge on any atom is -0.347 e. The molecule has 28 heavy (non-hydrogen) atoms. The van der Waals surface area contributed by atoms with Crippen LogP contribution in [0.1, 0.15) is 24.4 Å². The van der Waals surface area contributed by atoms with Crippen LogP contribution in [0, 0.1) is 5.82 Å². The molecule has 0 spiro atoms. The summed E-state index contributed by atoms with van der Waals surface area (Å²) in [4.78, 5) is 16.7. The highest BCUT2D eigenvalue weighted by Gasteiger charge is 2.16. The highest BCUT2D eigenvalue weighted by molar-refractivity contribution is 5.85. The third-order valence-electron chi connectivity index (χ3n) is 4.34. The van der Waals surface area contributed by atoms with E-state index in [0.29, 0.717) is 13.0 Å². The Balaban J connectivity index is 0.00000196. The molecule has 1 heterocycles. The molecule has 0 bridgehead atoms. The smallest absolute Gasteiger partial charge is 0.220 e. The number of hydrogen-bond acceptors (Lipinski definition) is 3. The van der Waals surface area contributed by atoms with Gasteiger partial charge in [0.15, 0.2) is 0 Å². The average Bonchev–Trinajstić information content (AvgIpc) is 3.05. The summed E-state index contributed by atoms with van der Waals surface area (Å²) < 4.78 is 15.3. The van der Waals surface area contributed by atoms with E-state index >= 15 is 0 Å². The largest absolute Gasteiger partial charge is 0.347 e. The lowest BCUT2D eigenvalue weighted by molar-refractivity contribution is -0.122. The van der Waals surface area contributed by atoms with Gasteiger partial charge in [0.05, 0.1) is 23.4 Å². The predicted molar refractivity (Wildman–Crippen MR) is 115 cm³/mol. The number of para-hydroxylation sites is 2. The lowest BCUT2D eigenvalue weighted by Gasteiger charge is -2.20. The first-order valence-corrected chi connectivity index (χ1v) is 8.76. The second-order valence-electron chi connectivity index (χ2n) is 6.26. The van der Waals surface area contributed by atoms with E-state index in [1.54, 1.807) is 18.5 Å². The fourth-order valence-corrected chi connectivity index (χ4v) is 2.97. The van der Waals surface area contributed by atoms with E-state index in [4.69, 9.17) is 0 Å². The highest BCUT2D eigenvalue weighted by atomic mass is 35.5. The molecule has 8 heteroatoms. The molecule has 0 radical (unpaired) electrons. The van der Waals surface area contributed by atoms with Gasteiger partial charge in [-0.15, -0.1) is 24.8 Å². The number of nitrogens with zero attached hydrogens (tertiary/aromatic N) is 2. The van der Waals surface area contributed by atoms with Crippen LogP contribution in [0.25, 0.3) is 11.0 Å². The van der Waals surface area contributed by atoms with Gasteiger partial charge in [-0.3, -0.25) is 4.79 Å². The summed E-state index contributed by atoms with van der Waals surface area (Å²) in [5.74, 6) is -0.306. The Hall–Kier alpha value is -2.15. The number of amides is 1. The van der Waals surface area contributed by atoms with Gasteiger partial charge in [0.2, 0.25) is 5.91 Å². The summed E-state index contributed by atoms with van der Waals surface area (Å²) in [5.41, 5.74) is 2.78. The molecule has 5 nitrogen and oxygen atoms in total. The number of carbonyl (C=O) groups is 1. The Morgan fingerprint density at radius 3 is 2.57 bits per heavy atom. The Bertz CT molecular complexity index is 870. The normalized spacial score (nSPS) is 11.4. The van der Waals surface area contributed by atoms with Crippen molar-refractivity contribution < 1.29 is 9.18 Å². The van der Waals surface area contributed by atoms with Crippen LogP contribution in [0.4, 0.5) is 4.39 Å². The summed E-state index contributed by atoms with van der Waals surface area (Å²) in [6.45, 7) is 1.32. The molecule has 0 fully saturated rings. The van der Waals surface area contributed by atoms with Gasteiger partial charge in [-0.2, -0.15) is 0 Å². The lowest BCUT2D eigenvalue weighted by Crippen LogP contribution is -2.31. The summed E-state index contributed by atoms with van der Waals surface area (Å²) in [5, 5.41) is 6.11. The first-order valence-electron chi connectivity index (χ1n) is 8.76. The minimum absolute atomic E-state index is 0. The Labute approximate surface area is 176 Å². The van der Waals surface area contributed by atoms with Crippen molar-refractivity contribution in [2.45, 2.75) is 25.4 Å². The topological polar surface area (TPSA) is 59.0 Å². The molecule has 1 amide bonds. The van der Waals surface area contributed by atoms with Crippen LogP contribution in [0.2, 0.25) is 0 Å². The molecule has 0 aliphatic rings. The van der Waals surface area contributed by atoms with Gasteiger partial charge >= 0.3 is 0 Å². The highest BCUT2D eigenvalue weighted by Crippen LogP contribution is 2.20. The summed E-state index contributed by atoms with van der Waals surface area (Å²) >= 11 is 0. The van der Waals surface area contributed by atoms with E-state index in [9.17, 15) is 9.18 Å². The van der Waals surface area contributed by atoms with Gasteiger partial charge in [-0.05, 0) is 49.8 Å². The SMILES string of the molecule is CNCCCC(=O)NC(Cn1cnc2ccccc21)c1ccc(F)cc1.Cl.Cl.